The van der Waals surface area contributed by atoms with E-state index in [4.69, 9.17) is 4.74 Å². The molecule has 0 aliphatic carbocycles. The number of carbonyl (C=O) groups is 1. The van der Waals surface area contributed by atoms with Gasteiger partial charge in [-0.1, -0.05) is 55.2 Å². The topological polar surface area (TPSA) is 92.7 Å². The molecular formula is C19H27NO5SSi. The van der Waals surface area contributed by atoms with Gasteiger partial charge in [-0.3, -0.25) is 9.87 Å². The second kappa shape index (κ2) is 7.25. The van der Waals surface area contributed by atoms with E-state index in [1.165, 1.54) is 5.19 Å². The van der Waals surface area contributed by atoms with E-state index in [0.29, 0.717) is 0 Å². The summed E-state index contributed by atoms with van der Waals surface area (Å²) in [4.78, 5) is 12.0. The van der Waals surface area contributed by atoms with Crippen LogP contribution in [-0.4, -0.2) is 32.7 Å². The number of ether oxygens (including phenoxy) is 1. The smallest absolute Gasteiger partial charge is 0.409 e. The van der Waals surface area contributed by atoms with Crippen molar-refractivity contribution in [2.24, 2.45) is 0 Å². The van der Waals surface area contributed by atoms with E-state index in [-0.39, 0.29) is 5.56 Å². The van der Waals surface area contributed by atoms with Gasteiger partial charge in [0.15, 0.2) is 5.37 Å². The molecule has 1 atom stereocenters. The van der Waals surface area contributed by atoms with E-state index in [1.807, 2.05) is 12.1 Å². The van der Waals surface area contributed by atoms with Crippen molar-refractivity contribution in [2.45, 2.75) is 51.4 Å². The molecule has 0 aliphatic heterocycles. The van der Waals surface area contributed by atoms with Crippen LogP contribution in [0.2, 0.25) is 19.6 Å². The first-order valence-corrected chi connectivity index (χ1v) is 13.7. The Balaban J connectivity index is 2.46. The highest BCUT2D eigenvalue weighted by molar-refractivity contribution is 7.86. The number of hydrogen-bond donors (Lipinski definition) is 2. The molecule has 1 unspecified atom stereocenters. The van der Waals surface area contributed by atoms with Crippen molar-refractivity contribution in [1.29, 1.82) is 0 Å². The SMILES string of the molecule is CC(C)(C)OC(=O)NC(c1ccc2ccc([Si](C)(C)C)cc2c1)S(=O)(=O)O. The molecule has 0 aliphatic rings. The summed E-state index contributed by atoms with van der Waals surface area (Å²) in [5, 5.41) is 3.68. The third-order valence-electron chi connectivity index (χ3n) is 3.98. The molecule has 0 saturated heterocycles. The average molecular weight is 410 g/mol. The monoisotopic (exact) mass is 409 g/mol. The lowest BCUT2D eigenvalue weighted by Crippen LogP contribution is -2.38. The van der Waals surface area contributed by atoms with Crippen LogP contribution in [0, 0.1) is 0 Å². The van der Waals surface area contributed by atoms with E-state index in [1.54, 1.807) is 39.0 Å². The van der Waals surface area contributed by atoms with E-state index in [2.05, 4.69) is 31.0 Å². The number of carbonyl (C=O) groups excluding carboxylic acids is 1. The number of amides is 1. The highest BCUT2D eigenvalue weighted by Gasteiger charge is 2.29. The van der Waals surface area contributed by atoms with E-state index in [9.17, 15) is 17.8 Å². The van der Waals surface area contributed by atoms with Crippen molar-refractivity contribution in [2.75, 3.05) is 0 Å². The summed E-state index contributed by atoms with van der Waals surface area (Å²) >= 11 is 0. The summed E-state index contributed by atoms with van der Waals surface area (Å²) in [6.45, 7) is 11.7. The van der Waals surface area contributed by atoms with Gasteiger partial charge in [-0.2, -0.15) is 8.42 Å². The first kappa shape index (κ1) is 21.4. The zero-order chi connectivity index (χ0) is 20.6. The standard InChI is InChI=1S/C19H27NO5SSi/c1-19(2,3)25-18(21)20-17(26(22,23)24)14-8-7-13-9-10-16(27(4,5)6)12-15(13)11-14/h7-12,17H,1-6H3,(H,20,21)(H,22,23,24). The van der Waals surface area contributed by atoms with E-state index in [0.717, 1.165) is 10.8 Å². The van der Waals surface area contributed by atoms with Crippen molar-refractivity contribution in [3.63, 3.8) is 0 Å². The van der Waals surface area contributed by atoms with Crippen LogP contribution in [-0.2, 0) is 14.9 Å². The number of alkyl carbamates (subject to hydrolysis) is 1. The molecular weight excluding hydrogens is 382 g/mol. The molecule has 0 fully saturated rings. The molecule has 0 saturated carbocycles. The molecule has 0 radical (unpaired) electrons. The van der Waals surface area contributed by atoms with Crippen LogP contribution in [0.15, 0.2) is 36.4 Å². The number of nitrogens with one attached hydrogen (secondary N) is 1. The quantitative estimate of drug-likeness (QED) is 0.592. The van der Waals surface area contributed by atoms with Gasteiger partial charge < -0.3 is 4.74 Å². The predicted molar refractivity (Wildman–Crippen MR) is 111 cm³/mol. The van der Waals surface area contributed by atoms with Crippen molar-refractivity contribution in [3.8, 4) is 0 Å². The minimum atomic E-state index is -4.58. The van der Waals surface area contributed by atoms with Crippen LogP contribution in [0.4, 0.5) is 4.79 Å². The molecule has 2 aromatic carbocycles. The van der Waals surface area contributed by atoms with Crippen LogP contribution in [0.25, 0.3) is 10.8 Å². The molecule has 6 nitrogen and oxygen atoms in total. The van der Waals surface area contributed by atoms with Crippen molar-refractivity contribution in [3.05, 3.63) is 42.0 Å². The average Bonchev–Trinajstić information content (AvgIpc) is 2.48. The summed E-state index contributed by atoms with van der Waals surface area (Å²) < 4.78 is 38.5. The lowest BCUT2D eigenvalue weighted by atomic mass is 10.1. The van der Waals surface area contributed by atoms with Gasteiger partial charge in [-0.15, -0.1) is 0 Å². The van der Waals surface area contributed by atoms with Gasteiger partial charge in [0.2, 0.25) is 0 Å². The maximum Gasteiger partial charge on any atom is 0.409 e. The van der Waals surface area contributed by atoms with Crippen molar-refractivity contribution >= 4 is 40.2 Å². The molecule has 2 N–H and O–H groups in total. The Morgan fingerprint density at radius 2 is 1.67 bits per heavy atom. The van der Waals surface area contributed by atoms with Crippen LogP contribution in [0.5, 0.6) is 0 Å². The zero-order valence-electron chi connectivity index (χ0n) is 16.5. The summed E-state index contributed by atoms with van der Waals surface area (Å²) in [5.74, 6) is 0. The Hall–Kier alpha value is -1.90. The number of fused-ring (bicyclic) bond motifs is 1. The molecule has 8 heteroatoms. The second-order valence-corrected chi connectivity index (χ2v) is 15.2. The molecule has 0 bridgehead atoms. The van der Waals surface area contributed by atoms with Gasteiger partial charge >= 0.3 is 6.09 Å². The molecule has 27 heavy (non-hydrogen) atoms. The van der Waals surface area contributed by atoms with Crippen LogP contribution in [0.3, 0.4) is 0 Å². The molecule has 148 valence electrons. The first-order valence-electron chi connectivity index (χ1n) is 8.67. The Morgan fingerprint density at radius 3 is 2.19 bits per heavy atom. The van der Waals surface area contributed by atoms with Gasteiger partial charge in [-0.25, -0.2) is 4.79 Å². The molecule has 2 aromatic rings. The molecule has 0 spiro atoms. The largest absolute Gasteiger partial charge is 0.444 e. The molecule has 0 heterocycles. The van der Waals surface area contributed by atoms with Gasteiger partial charge in [0, 0.05) is 0 Å². The summed E-state index contributed by atoms with van der Waals surface area (Å²) in [6.07, 6.45) is -0.916. The highest BCUT2D eigenvalue weighted by atomic mass is 32.2. The number of rotatable bonds is 4. The van der Waals surface area contributed by atoms with Crippen LogP contribution < -0.4 is 10.5 Å². The third-order valence-corrected chi connectivity index (χ3v) is 7.01. The fraction of sp³-hybridized carbons (Fsp3) is 0.421. The summed E-state index contributed by atoms with van der Waals surface area (Å²) in [7, 11) is -6.12. The second-order valence-electron chi connectivity index (χ2n) is 8.61. The Labute approximate surface area is 161 Å². The van der Waals surface area contributed by atoms with Crippen LogP contribution >= 0.6 is 0 Å². The van der Waals surface area contributed by atoms with Gasteiger partial charge in [0.25, 0.3) is 10.1 Å². The van der Waals surface area contributed by atoms with Gasteiger partial charge in [0.05, 0.1) is 8.07 Å². The van der Waals surface area contributed by atoms with Gasteiger partial charge in [0.1, 0.15) is 5.60 Å². The zero-order valence-corrected chi connectivity index (χ0v) is 18.3. The molecule has 0 aromatic heterocycles. The van der Waals surface area contributed by atoms with Gasteiger partial charge in [-0.05, 0) is 43.2 Å². The fourth-order valence-corrected chi connectivity index (χ4v) is 4.55. The summed E-state index contributed by atoms with van der Waals surface area (Å²) in [6, 6.07) is 11.2. The Bertz CT molecular complexity index is 958. The van der Waals surface area contributed by atoms with Crippen LogP contribution in [0.1, 0.15) is 31.7 Å². The third kappa shape index (κ3) is 5.79. The van der Waals surface area contributed by atoms with Crippen molar-refractivity contribution < 1.29 is 22.5 Å². The predicted octanol–water partition coefficient (Wildman–Crippen LogP) is 3.80. The number of benzene rings is 2. The normalized spacial score (nSPS) is 14.0. The Morgan fingerprint density at radius 1 is 1.07 bits per heavy atom. The van der Waals surface area contributed by atoms with E-state index >= 15 is 0 Å². The maximum atomic E-state index is 12.0. The Kier molecular flexibility index (Phi) is 5.75. The first-order chi connectivity index (χ1) is 12.2. The molecule has 2 rings (SSSR count). The van der Waals surface area contributed by atoms with Crippen molar-refractivity contribution in [1.82, 2.24) is 5.32 Å². The lowest BCUT2D eigenvalue weighted by molar-refractivity contribution is 0.0517. The minimum absolute atomic E-state index is 0.267. The summed E-state index contributed by atoms with van der Waals surface area (Å²) in [5.41, 5.74) is -0.521. The van der Waals surface area contributed by atoms with E-state index < -0.39 is 35.3 Å². The fourth-order valence-electron chi connectivity index (χ4n) is 2.64. The molecule has 1 amide bonds. The lowest BCUT2D eigenvalue weighted by Gasteiger charge is -2.23. The minimum Gasteiger partial charge on any atom is -0.444 e. The maximum absolute atomic E-state index is 12.0. The highest BCUT2D eigenvalue weighted by Crippen LogP contribution is 2.24. The number of hydrogen-bond acceptors (Lipinski definition) is 4.